The molecule has 2 rings (SSSR count). The van der Waals surface area contributed by atoms with Gasteiger partial charge >= 0.3 is 0 Å². The predicted molar refractivity (Wildman–Crippen MR) is 75.6 cm³/mol. The van der Waals surface area contributed by atoms with Crippen LogP contribution in [0.15, 0.2) is 45.5 Å². The monoisotopic (exact) mass is 337 g/mol. The maximum Gasteiger partial charge on any atom is 0.258 e. The molecule has 0 aliphatic rings. The molecule has 0 saturated carbocycles. The van der Waals surface area contributed by atoms with E-state index in [4.69, 9.17) is 9.15 Å². The molecule has 0 atom stereocenters. The Morgan fingerprint density at radius 1 is 1.40 bits per heavy atom. The van der Waals surface area contributed by atoms with Crippen LogP contribution in [0.5, 0.6) is 5.75 Å². The number of ether oxygens (including phenoxy) is 1. The van der Waals surface area contributed by atoms with Crippen LogP contribution in [0.4, 0.5) is 0 Å². The van der Waals surface area contributed by atoms with E-state index in [1.165, 1.54) is 6.26 Å². The van der Waals surface area contributed by atoms with Gasteiger partial charge in [-0.2, -0.15) is 0 Å². The van der Waals surface area contributed by atoms with E-state index in [9.17, 15) is 9.59 Å². The Labute approximate surface area is 124 Å². The number of benzene rings is 1. The Balaban J connectivity index is 1.85. The number of furan rings is 1. The van der Waals surface area contributed by atoms with Gasteiger partial charge in [-0.15, -0.1) is 0 Å². The van der Waals surface area contributed by atoms with Crippen LogP contribution in [0.25, 0.3) is 0 Å². The highest BCUT2D eigenvalue weighted by Gasteiger charge is 2.07. The Morgan fingerprint density at radius 2 is 2.25 bits per heavy atom. The topological polar surface area (TPSA) is 68.5 Å². The standard InChI is InChI=1S/C14H12BrNO4/c15-11-3-4-13(10(6-11)8-17)20-9-14(18)16-7-12-2-1-5-19-12/h1-6,8H,7,9H2,(H,16,18). The molecule has 1 amide bonds. The Bertz CT molecular complexity index is 595. The number of hydrogen-bond acceptors (Lipinski definition) is 4. The predicted octanol–water partition coefficient (Wildman–Crippen LogP) is 2.55. The van der Waals surface area contributed by atoms with Crippen LogP contribution in [-0.4, -0.2) is 18.8 Å². The quantitative estimate of drug-likeness (QED) is 0.822. The summed E-state index contributed by atoms with van der Waals surface area (Å²) in [6.07, 6.45) is 2.22. The zero-order valence-corrected chi connectivity index (χ0v) is 12.1. The second-order valence-electron chi connectivity index (χ2n) is 3.94. The molecule has 0 aliphatic carbocycles. The van der Waals surface area contributed by atoms with Gasteiger partial charge in [0.25, 0.3) is 5.91 Å². The van der Waals surface area contributed by atoms with Crippen molar-refractivity contribution >= 4 is 28.1 Å². The number of hydrogen-bond donors (Lipinski definition) is 1. The van der Waals surface area contributed by atoms with Crippen molar-refractivity contribution < 1.29 is 18.7 Å². The molecule has 0 aliphatic heterocycles. The largest absolute Gasteiger partial charge is 0.483 e. The highest BCUT2D eigenvalue weighted by atomic mass is 79.9. The first-order chi connectivity index (χ1) is 9.69. The van der Waals surface area contributed by atoms with Gasteiger partial charge in [-0.25, -0.2) is 0 Å². The van der Waals surface area contributed by atoms with Crippen LogP contribution >= 0.6 is 15.9 Å². The molecule has 1 aromatic carbocycles. The summed E-state index contributed by atoms with van der Waals surface area (Å²) >= 11 is 3.26. The first kappa shape index (κ1) is 14.3. The fourth-order valence-electron chi connectivity index (χ4n) is 1.54. The number of carbonyl (C=O) groups is 2. The molecule has 1 aromatic heterocycles. The van der Waals surface area contributed by atoms with E-state index in [0.29, 0.717) is 29.9 Å². The first-order valence-corrected chi connectivity index (χ1v) is 6.65. The average molecular weight is 338 g/mol. The van der Waals surface area contributed by atoms with Crippen molar-refractivity contribution in [1.29, 1.82) is 0 Å². The van der Waals surface area contributed by atoms with Gasteiger partial charge in [-0.05, 0) is 30.3 Å². The van der Waals surface area contributed by atoms with Crippen molar-refractivity contribution in [3.05, 3.63) is 52.4 Å². The minimum atomic E-state index is -0.291. The summed E-state index contributed by atoms with van der Waals surface area (Å²) in [6.45, 7) is 0.138. The molecular formula is C14H12BrNO4. The third kappa shape index (κ3) is 3.96. The lowest BCUT2D eigenvalue weighted by atomic mass is 10.2. The van der Waals surface area contributed by atoms with Crippen LogP contribution in [0, 0.1) is 0 Å². The zero-order chi connectivity index (χ0) is 14.4. The van der Waals surface area contributed by atoms with E-state index in [2.05, 4.69) is 21.2 Å². The SMILES string of the molecule is O=Cc1cc(Br)ccc1OCC(=O)NCc1ccco1. The van der Waals surface area contributed by atoms with Gasteiger partial charge in [-0.1, -0.05) is 15.9 Å². The second-order valence-corrected chi connectivity index (χ2v) is 4.86. The van der Waals surface area contributed by atoms with Crippen molar-refractivity contribution in [3.8, 4) is 5.75 Å². The number of rotatable bonds is 6. The van der Waals surface area contributed by atoms with Gasteiger partial charge in [0.15, 0.2) is 12.9 Å². The fraction of sp³-hybridized carbons (Fsp3) is 0.143. The third-order valence-corrected chi connectivity index (χ3v) is 2.99. The molecule has 0 radical (unpaired) electrons. The molecule has 0 unspecified atom stereocenters. The van der Waals surface area contributed by atoms with E-state index in [-0.39, 0.29) is 12.5 Å². The zero-order valence-electron chi connectivity index (χ0n) is 10.5. The molecule has 0 fully saturated rings. The van der Waals surface area contributed by atoms with E-state index < -0.39 is 0 Å². The molecule has 0 saturated heterocycles. The number of carbonyl (C=O) groups excluding carboxylic acids is 2. The van der Waals surface area contributed by atoms with Crippen LogP contribution in [0.3, 0.4) is 0 Å². The summed E-state index contributed by atoms with van der Waals surface area (Å²) < 4.78 is 11.2. The summed E-state index contributed by atoms with van der Waals surface area (Å²) in [5.41, 5.74) is 0.387. The van der Waals surface area contributed by atoms with Crippen molar-refractivity contribution in [2.24, 2.45) is 0 Å². The summed E-state index contributed by atoms with van der Waals surface area (Å²) in [4.78, 5) is 22.5. The van der Waals surface area contributed by atoms with Crippen molar-refractivity contribution in [2.45, 2.75) is 6.54 Å². The number of nitrogens with one attached hydrogen (secondary N) is 1. The Hall–Kier alpha value is -2.08. The lowest BCUT2D eigenvalue weighted by Crippen LogP contribution is -2.28. The van der Waals surface area contributed by atoms with Crippen LogP contribution in [0.2, 0.25) is 0 Å². The van der Waals surface area contributed by atoms with E-state index >= 15 is 0 Å². The molecule has 104 valence electrons. The molecule has 6 heteroatoms. The van der Waals surface area contributed by atoms with Gasteiger partial charge in [-0.3, -0.25) is 9.59 Å². The van der Waals surface area contributed by atoms with Gasteiger partial charge in [0.05, 0.1) is 18.4 Å². The van der Waals surface area contributed by atoms with Crippen LogP contribution < -0.4 is 10.1 Å². The van der Waals surface area contributed by atoms with Crippen molar-refractivity contribution in [3.63, 3.8) is 0 Å². The molecular weight excluding hydrogens is 326 g/mol. The number of aldehydes is 1. The molecule has 1 N–H and O–H groups in total. The lowest BCUT2D eigenvalue weighted by Gasteiger charge is -2.08. The summed E-state index contributed by atoms with van der Waals surface area (Å²) in [5, 5.41) is 2.65. The number of amides is 1. The summed E-state index contributed by atoms with van der Waals surface area (Å²) in [6, 6.07) is 8.51. The number of halogens is 1. The molecule has 2 aromatic rings. The average Bonchev–Trinajstić information content (AvgIpc) is 2.97. The smallest absolute Gasteiger partial charge is 0.258 e. The Morgan fingerprint density at radius 3 is 2.95 bits per heavy atom. The Kier molecular flexibility index (Phi) is 4.95. The summed E-state index contributed by atoms with van der Waals surface area (Å²) in [7, 11) is 0. The normalized spacial score (nSPS) is 10.1. The van der Waals surface area contributed by atoms with Gasteiger partial charge in [0.2, 0.25) is 0 Å². The molecule has 0 bridgehead atoms. The van der Waals surface area contributed by atoms with Crippen molar-refractivity contribution in [1.82, 2.24) is 5.32 Å². The molecule has 0 spiro atoms. The van der Waals surface area contributed by atoms with Gasteiger partial charge in [0, 0.05) is 4.47 Å². The van der Waals surface area contributed by atoms with Crippen molar-refractivity contribution in [2.75, 3.05) is 6.61 Å². The van der Waals surface area contributed by atoms with Gasteiger partial charge < -0.3 is 14.5 Å². The highest BCUT2D eigenvalue weighted by molar-refractivity contribution is 9.10. The molecule has 5 nitrogen and oxygen atoms in total. The van der Waals surface area contributed by atoms with Crippen LogP contribution in [-0.2, 0) is 11.3 Å². The minimum Gasteiger partial charge on any atom is -0.483 e. The first-order valence-electron chi connectivity index (χ1n) is 5.85. The highest BCUT2D eigenvalue weighted by Crippen LogP contribution is 2.21. The van der Waals surface area contributed by atoms with E-state index in [1.54, 1.807) is 30.3 Å². The maximum absolute atomic E-state index is 11.6. The lowest BCUT2D eigenvalue weighted by molar-refractivity contribution is -0.123. The maximum atomic E-state index is 11.6. The third-order valence-electron chi connectivity index (χ3n) is 2.50. The van der Waals surface area contributed by atoms with E-state index in [1.807, 2.05) is 0 Å². The minimum absolute atomic E-state index is 0.164. The fourth-order valence-corrected chi connectivity index (χ4v) is 1.91. The second kappa shape index (κ2) is 6.91. The summed E-state index contributed by atoms with van der Waals surface area (Å²) in [5.74, 6) is 0.744. The van der Waals surface area contributed by atoms with E-state index in [0.717, 1.165) is 4.47 Å². The molecule has 1 heterocycles. The van der Waals surface area contributed by atoms with Gasteiger partial charge in [0.1, 0.15) is 11.5 Å². The van der Waals surface area contributed by atoms with Crippen LogP contribution in [0.1, 0.15) is 16.1 Å². The molecule has 20 heavy (non-hydrogen) atoms.